The molecule has 11 heavy (non-hydrogen) atoms. The summed E-state index contributed by atoms with van der Waals surface area (Å²) < 4.78 is 16.6. The van der Waals surface area contributed by atoms with Crippen molar-refractivity contribution in [2.75, 3.05) is 14.2 Å². The second-order valence-electron chi connectivity index (χ2n) is 1.75. The molecule has 0 aromatic heterocycles. The number of rotatable bonds is 2. The first-order chi connectivity index (χ1) is 3.62. The summed E-state index contributed by atoms with van der Waals surface area (Å²) in [6, 6.07) is 0. The number of hydrogen-bond donors (Lipinski definition) is 0. The molecule has 3 heteroatoms. The largest absolute Gasteiger partial charge is 0.398 e. The van der Waals surface area contributed by atoms with Gasteiger partial charge < -0.3 is 8.85 Å². The fourth-order valence-corrected chi connectivity index (χ4v) is 0.177. The minimum absolute atomic E-state index is 0. The van der Waals surface area contributed by atoms with Crippen LogP contribution in [0.25, 0.3) is 0 Å². The average Bonchev–Trinajstić information content (AvgIpc) is 1.67. The maximum absolute atomic E-state index is 6.69. The van der Waals surface area contributed by atoms with E-state index >= 15 is 0 Å². The van der Waals surface area contributed by atoms with Gasteiger partial charge in [-0.3, -0.25) is 0 Å². The van der Waals surface area contributed by atoms with E-state index in [2.05, 4.69) is 0 Å². The smallest absolute Gasteiger partial charge is 0.331 e. The Labute approximate surface area is 76.6 Å². The second-order valence-corrected chi connectivity index (χ2v) is 5.24. The van der Waals surface area contributed by atoms with Crippen LogP contribution in [0.4, 0.5) is 0 Å². The van der Waals surface area contributed by atoms with Gasteiger partial charge in [0.15, 0.2) is 0 Å². The minimum atomic E-state index is -1.86. The molecule has 0 bridgehead atoms. The quantitative estimate of drug-likeness (QED) is 0.614. The highest BCUT2D eigenvalue weighted by molar-refractivity contribution is 6.64. The molecule has 0 atom stereocenters. The van der Waals surface area contributed by atoms with Crippen LogP contribution in [0.15, 0.2) is 0 Å². The van der Waals surface area contributed by atoms with Crippen LogP contribution in [0.3, 0.4) is 0 Å². The maximum atomic E-state index is 6.69. The van der Waals surface area contributed by atoms with Crippen molar-refractivity contribution in [2.45, 2.75) is 42.8 Å². The monoisotopic (exact) mass is 186 g/mol. The van der Waals surface area contributed by atoms with Gasteiger partial charge in [0.2, 0.25) is 0 Å². The molecule has 0 aromatic carbocycles. The Balaban J connectivity index is -0.0000000408. The normalized spacial score (nSPS) is 8.82. The molecule has 0 rings (SSSR count). The summed E-state index contributed by atoms with van der Waals surface area (Å²) >= 11 is 0. The van der Waals surface area contributed by atoms with Crippen molar-refractivity contribution in [3.05, 3.63) is 0 Å². The van der Waals surface area contributed by atoms with Crippen molar-refractivity contribution in [3.63, 3.8) is 0 Å². The van der Waals surface area contributed by atoms with Gasteiger partial charge in [-0.2, -0.15) is 0 Å². The van der Waals surface area contributed by atoms with Crippen LogP contribution in [-0.2, 0) is 8.85 Å². The summed E-state index contributed by atoms with van der Waals surface area (Å²) in [6.45, 7) is 3.81. The van der Waals surface area contributed by atoms with Crippen LogP contribution in [0.2, 0.25) is 13.1 Å². The summed E-state index contributed by atoms with van der Waals surface area (Å²) in [6.07, 6.45) is 0. The predicted molar refractivity (Wildman–Crippen MR) is 58.4 cm³/mol. The lowest BCUT2D eigenvalue weighted by atomic mass is 11.8. The third-order valence-electron chi connectivity index (χ3n) is 0.839. The molecule has 2 nitrogen and oxygen atoms in total. The Bertz CT molecular complexity index is 70.1. The Morgan fingerprint density at radius 2 is 1.36 bits per heavy atom. The Hall–Kier alpha value is 0.137. The summed E-state index contributed by atoms with van der Waals surface area (Å²) in [5.41, 5.74) is 0. The number of hydrogen-bond acceptors (Lipinski definition) is 2. The van der Waals surface area contributed by atoms with Crippen LogP contribution in [0.5, 0.6) is 0 Å². The summed E-state index contributed by atoms with van der Waals surface area (Å²) in [7, 11) is -0.245. The fourth-order valence-electron chi connectivity index (χ4n) is 0.0589. The van der Waals surface area contributed by atoms with E-state index in [9.17, 15) is 0 Å². The second kappa shape index (κ2) is 12.8. The predicted octanol–water partition coefficient (Wildman–Crippen LogP) is 3.53. The van der Waals surface area contributed by atoms with Crippen LogP contribution >= 0.6 is 0 Å². The molecule has 0 saturated heterocycles. The highest BCUT2D eigenvalue weighted by Crippen LogP contribution is 1.99. The molecular formula is C8H28O2Si. The first-order valence-electron chi connectivity index (χ1n) is 2.81. The zero-order chi connectivity index (χ0) is 6.62. The van der Waals surface area contributed by atoms with Crippen molar-refractivity contribution in [3.8, 4) is 0 Å². The van der Waals surface area contributed by atoms with Crippen LogP contribution in [-0.4, -0.2) is 22.8 Å². The molecule has 0 N–H and O–H groups in total. The van der Waals surface area contributed by atoms with E-state index in [1.54, 1.807) is 7.11 Å². The SMILES string of the molecule is C.C.C.C.[3H]CO[Si](C)(C)OC. The van der Waals surface area contributed by atoms with Gasteiger partial charge in [0.1, 0.15) is 0 Å². The lowest BCUT2D eigenvalue weighted by Crippen LogP contribution is -2.31. The minimum Gasteiger partial charge on any atom is -0.398 e. The van der Waals surface area contributed by atoms with Gasteiger partial charge in [-0.15, -0.1) is 0 Å². The van der Waals surface area contributed by atoms with E-state index in [0.29, 0.717) is 0 Å². The van der Waals surface area contributed by atoms with Gasteiger partial charge in [0.05, 0.1) is 1.37 Å². The van der Waals surface area contributed by atoms with E-state index < -0.39 is 8.56 Å². The molecule has 0 saturated carbocycles. The van der Waals surface area contributed by atoms with Gasteiger partial charge in [-0.1, -0.05) is 29.7 Å². The van der Waals surface area contributed by atoms with Crippen molar-refractivity contribution in [2.24, 2.45) is 0 Å². The third kappa shape index (κ3) is 17.8. The van der Waals surface area contributed by atoms with Crippen LogP contribution < -0.4 is 0 Å². The van der Waals surface area contributed by atoms with Crippen LogP contribution in [0, 0.1) is 0 Å². The van der Waals surface area contributed by atoms with Crippen molar-refractivity contribution >= 4 is 8.56 Å². The summed E-state index contributed by atoms with van der Waals surface area (Å²) in [4.78, 5) is 0. The molecular weight excluding hydrogens is 156 g/mol. The molecule has 0 spiro atoms. The van der Waals surface area contributed by atoms with E-state index in [0.717, 1.165) is 0 Å². The van der Waals surface area contributed by atoms with Gasteiger partial charge in [-0.25, -0.2) is 0 Å². The molecule has 0 heterocycles. The van der Waals surface area contributed by atoms with Gasteiger partial charge in [-0.05, 0) is 13.1 Å². The lowest BCUT2D eigenvalue weighted by molar-refractivity contribution is 0.258. The molecule has 0 aliphatic carbocycles. The first-order valence-corrected chi connectivity index (χ1v) is 4.92. The summed E-state index contributed by atoms with van der Waals surface area (Å²) in [5, 5.41) is 0. The van der Waals surface area contributed by atoms with E-state index in [1.165, 1.54) is 0 Å². The van der Waals surface area contributed by atoms with E-state index in [4.69, 9.17) is 10.2 Å². The van der Waals surface area contributed by atoms with Gasteiger partial charge in [0.25, 0.3) is 0 Å². The highest BCUT2D eigenvalue weighted by Gasteiger charge is 2.19. The molecule has 0 aliphatic heterocycles. The lowest BCUT2D eigenvalue weighted by Gasteiger charge is -2.15. The maximum Gasteiger partial charge on any atom is 0.331 e. The van der Waals surface area contributed by atoms with Crippen molar-refractivity contribution in [1.82, 2.24) is 0 Å². The average molecular weight is 186 g/mol. The van der Waals surface area contributed by atoms with Crippen molar-refractivity contribution in [1.29, 1.82) is 0 Å². The first kappa shape index (κ1) is 22.5. The molecule has 0 aromatic rings. The highest BCUT2D eigenvalue weighted by atomic mass is 28.4. The standard InChI is InChI=1S/C4H12O2Si.4CH4/c1-5-7(3,4)6-2;;;;/h1-4H3;4*1H4/i1T;;;;. The van der Waals surface area contributed by atoms with E-state index in [-0.39, 0.29) is 36.8 Å². The zero-order valence-electron chi connectivity index (χ0n) is 6.02. The zero-order valence-corrected chi connectivity index (χ0v) is 6.02. The molecule has 0 amide bonds. The van der Waals surface area contributed by atoms with Gasteiger partial charge in [0, 0.05) is 14.2 Å². The van der Waals surface area contributed by atoms with Crippen LogP contribution in [0.1, 0.15) is 31.1 Å². The topological polar surface area (TPSA) is 18.5 Å². The Kier molecular flexibility index (Phi) is 26.1. The fraction of sp³-hybridized carbons (Fsp3) is 1.00. The molecule has 0 radical (unpaired) electrons. The third-order valence-corrected chi connectivity index (χ3v) is 2.52. The molecule has 0 fully saturated rings. The molecule has 76 valence electrons. The van der Waals surface area contributed by atoms with Crippen molar-refractivity contribution < 1.29 is 10.2 Å². The molecule has 0 unspecified atom stereocenters. The Morgan fingerprint density at radius 3 is 1.45 bits per heavy atom. The summed E-state index contributed by atoms with van der Waals surface area (Å²) in [5.74, 6) is 0. The van der Waals surface area contributed by atoms with Gasteiger partial charge >= 0.3 is 8.56 Å². The van der Waals surface area contributed by atoms with E-state index in [1.807, 2.05) is 13.1 Å². The Morgan fingerprint density at radius 1 is 1.00 bits per heavy atom. The molecule has 0 aliphatic rings.